The van der Waals surface area contributed by atoms with Crippen molar-refractivity contribution in [2.24, 2.45) is 5.73 Å². The summed E-state index contributed by atoms with van der Waals surface area (Å²) in [5.74, 6) is 0.897. The lowest BCUT2D eigenvalue weighted by Gasteiger charge is -2.09. The van der Waals surface area contributed by atoms with Crippen LogP contribution in [0.25, 0.3) is 0 Å². The Balaban J connectivity index is 0.00000242. The summed E-state index contributed by atoms with van der Waals surface area (Å²) in [6.07, 6.45) is 0.675. The molecule has 1 aromatic carbocycles. The van der Waals surface area contributed by atoms with E-state index in [0.717, 1.165) is 5.01 Å². The lowest BCUT2D eigenvalue weighted by molar-refractivity contribution is 0.102. The summed E-state index contributed by atoms with van der Waals surface area (Å²) in [4.78, 5) is 16.4. The molecule has 1 amide bonds. The molecule has 3 N–H and O–H groups in total. The maximum Gasteiger partial charge on any atom is 0.275 e. The summed E-state index contributed by atoms with van der Waals surface area (Å²) in [5.41, 5.74) is 6.47. The number of nitrogens with one attached hydrogen (secondary N) is 1. The number of carbonyl (C=O) groups excluding carboxylic acids is 1. The number of methoxy groups -OCH3 is 2. The lowest BCUT2D eigenvalue weighted by Crippen LogP contribution is -2.13. The maximum atomic E-state index is 12.1. The largest absolute Gasteiger partial charge is 0.493 e. The van der Waals surface area contributed by atoms with Gasteiger partial charge in [0.1, 0.15) is 5.69 Å². The smallest absolute Gasteiger partial charge is 0.275 e. The van der Waals surface area contributed by atoms with E-state index in [9.17, 15) is 4.79 Å². The van der Waals surface area contributed by atoms with Crippen LogP contribution in [0.4, 0.5) is 5.69 Å². The van der Waals surface area contributed by atoms with Crippen molar-refractivity contribution >= 4 is 35.3 Å². The van der Waals surface area contributed by atoms with Gasteiger partial charge in [-0.1, -0.05) is 0 Å². The number of rotatable bonds is 6. The fourth-order valence-electron chi connectivity index (χ4n) is 1.76. The molecule has 2 rings (SSSR count). The first-order chi connectivity index (χ1) is 10.2. The quantitative estimate of drug-likeness (QED) is 0.840. The van der Waals surface area contributed by atoms with Crippen molar-refractivity contribution in [3.63, 3.8) is 0 Å². The Morgan fingerprint density at radius 2 is 2.05 bits per heavy atom. The van der Waals surface area contributed by atoms with Crippen LogP contribution in [0, 0.1) is 0 Å². The van der Waals surface area contributed by atoms with Crippen LogP contribution in [-0.2, 0) is 6.42 Å². The average molecular weight is 344 g/mol. The molecule has 0 bridgehead atoms. The molecule has 120 valence electrons. The molecule has 1 heterocycles. The minimum Gasteiger partial charge on any atom is -0.493 e. The van der Waals surface area contributed by atoms with Crippen LogP contribution in [-0.4, -0.2) is 31.7 Å². The summed E-state index contributed by atoms with van der Waals surface area (Å²) in [6, 6.07) is 5.17. The van der Waals surface area contributed by atoms with Crippen LogP contribution in [0.15, 0.2) is 23.6 Å². The Hall–Kier alpha value is -1.83. The number of hydrogen-bond acceptors (Lipinski definition) is 6. The molecule has 6 nitrogen and oxygen atoms in total. The molecule has 0 radical (unpaired) electrons. The predicted octanol–water partition coefficient (Wildman–Crippen LogP) is 2.34. The number of amides is 1. The van der Waals surface area contributed by atoms with Crippen LogP contribution in [0.5, 0.6) is 11.5 Å². The minimum absolute atomic E-state index is 0. The highest BCUT2D eigenvalue weighted by Gasteiger charge is 2.12. The van der Waals surface area contributed by atoms with Crippen LogP contribution >= 0.6 is 23.7 Å². The second kappa shape index (κ2) is 8.57. The molecule has 0 aliphatic heterocycles. The van der Waals surface area contributed by atoms with Gasteiger partial charge in [0.15, 0.2) is 11.5 Å². The molecule has 0 saturated heterocycles. The summed E-state index contributed by atoms with van der Waals surface area (Å²) in [6.45, 7) is 0.518. The van der Waals surface area contributed by atoms with E-state index in [1.165, 1.54) is 11.3 Å². The SMILES string of the molecule is COc1ccc(NC(=O)c2csc(CCN)n2)cc1OC.Cl. The molecule has 22 heavy (non-hydrogen) atoms. The zero-order valence-corrected chi connectivity index (χ0v) is 13.9. The Kier molecular flexibility index (Phi) is 7.10. The maximum absolute atomic E-state index is 12.1. The van der Waals surface area contributed by atoms with E-state index in [1.807, 2.05) is 0 Å². The molecule has 0 spiro atoms. The molecule has 0 unspecified atom stereocenters. The van der Waals surface area contributed by atoms with Crippen LogP contribution in [0.1, 0.15) is 15.5 Å². The molecular formula is C14H18ClN3O3S. The molecule has 0 saturated carbocycles. The van der Waals surface area contributed by atoms with Crippen molar-refractivity contribution in [2.45, 2.75) is 6.42 Å². The minimum atomic E-state index is -0.262. The van der Waals surface area contributed by atoms with E-state index < -0.39 is 0 Å². The number of halogens is 1. The van der Waals surface area contributed by atoms with Gasteiger partial charge in [-0.25, -0.2) is 4.98 Å². The zero-order valence-electron chi connectivity index (χ0n) is 12.3. The normalized spacial score (nSPS) is 9.77. The lowest BCUT2D eigenvalue weighted by atomic mass is 10.2. The highest BCUT2D eigenvalue weighted by molar-refractivity contribution is 7.09. The molecule has 1 aromatic heterocycles. The van der Waals surface area contributed by atoms with Crippen LogP contribution in [0.2, 0.25) is 0 Å². The van der Waals surface area contributed by atoms with Gasteiger partial charge in [0.2, 0.25) is 0 Å². The van der Waals surface area contributed by atoms with E-state index in [4.69, 9.17) is 15.2 Å². The number of nitrogens with two attached hydrogens (primary N) is 1. The van der Waals surface area contributed by atoms with Crippen molar-refractivity contribution in [3.8, 4) is 11.5 Å². The summed E-state index contributed by atoms with van der Waals surface area (Å²) in [5, 5.41) is 5.36. The third kappa shape index (κ3) is 4.33. The molecular weight excluding hydrogens is 326 g/mol. The molecule has 0 aliphatic rings. The third-order valence-electron chi connectivity index (χ3n) is 2.78. The van der Waals surface area contributed by atoms with Gasteiger partial charge in [-0.2, -0.15) is 0 Å². The second-order valence-corrected chi connectivity index (χ2v) is 5.13. The standard InChI is InChI=1S/C14H17N3O3S.ClH/c1-19-11-4-3-9(7-12(11)20-2)16-14(18)10-8-21-13(17-10)5-6-15;/h3-4,7-8H,5-6,15H2,1-2H3,(H,16,18);1H. The fourth-order valence-corrected chi connectivity index (χ4v) is 2.56. The predicted molar refractivity (Wildman–Crippen MR) is 89.6 cm³/mol. The first-order valence-corrected chi connectivity index (χ1v) is 7.23. The van der Waals surface area contributed by atoms with Gasteiger partial charge < -0.3 is 20.5 Å². The fraction of sp³-hybridized carbons (Fsp3) is 0.286. The van der Waals surface area contributed by atoms with Crippen molar-refractivity contribution in [2.75, 3.05) is 26.1 Å². The summed E-state index contributed by atoms with van der Waals surface area (Å²) < 4.78 is 10.3. The number of anilines is 1. The first kappa shape index (κ1) is 18.2. The van der Waals surface area contributed by atoms with Gasteiger partial charge in [0.25, 0.3) is 5.91 Å². The first-order valence-electron chi connectivity index (χ1n) is 6.35. The van der Waals surface area contributed by atoms with E-state index in [1.54, 1.807) is 37.8 Å². The highest BCUT2D eigenvalue weighted by Crippen LogP contribution is 2.29. The molecule has 8 heteroatoms. The molecule has 2 aromatic rings. The number of carbonyl (C=O) groups is 1. The highest BCUT2D eigenvalue weighted by atomic mass is 35.5. The van der Waals surface area contributed by atoms with E-state index in [2.05, 4.69) is 10.3 Å². The number of aromatic nitrogens is 1. The van der Waals surface area contributed by atoms with Crippen molar-refractivity contribution in [3.05, 3.63) is 34.3 Å². The Labute approximate surface area is 139 Å². The van der Waals surface area contributed by atoms with Crippen LogP contribution < -0.4 is 20.5 Å². The second-order valence-electron chi connectivity index (χ2n) is 4.19. The van der Waals surface area contributed by atoms with Gasteiger partial charge in [0, 0.05) is 23.6 Å². The third-order valence-corrected chi connectivity index (χ3v) is 3.69. The van der Waals surface area contributed by atoms with Gasteiger partial charge in [0.05, 0.1) is 19.2 Å². The van der Waals surface area contributed by atoms with E-state index in [0.29, 0.717) is 35.8 Å². The monoisotopic (exact) mass is 343 g/mol. The van der Waals surface area contributed by atoms with Crippen molar-refractivity contribution < 1.29 is 14.3 Å². The molecule has 0 aliphatic carbocycles. The number of benzene rings is 1. The summed E-state index contributed by atoms with van der Waals surface area (Å²) >= 11 is 1.43. The van der Waals surface area contributed by atoms with Gasteiger partial charge in [-0.15, -0.1) is 23.7 Å². The van der Waals surface area contributed by atoms with Crippen molar-refractivity contribution in [1.29, 1.82) is 0 Å². The number of ether oxygens (including phenoxy) is 2. The number of thiazole rings is 1. The summed E-state index contributed by atoms with van der Waals surface area (Å²) in [7, 11) is 3.10. The molecule has 0 fully saturated rings. The van der Waals surface area contributed by atoms with Gasteiger partial charge in [-0.05, 0) is 18.7 Å². The molecule has 0 atom stereocenters. The van der Waals surface area contributed by atoms with E-state index >= 15 is 0 Å². The van der Waals surface area contributed by atoms with E-state index in [-0.39, 0.29) is 18.3 Å². The Bertz CT molecular complexity index is 634. The Morgan fingerprint density at radius 1 is 1.32 bits per heavy atom. The average Bonchev–Trinajstić information content (AvgIpc) is 2.96. The van der Waals surface area contributed by atoms with Crippen molar-refractivity contribution in [1.82, 2.24) is 4.98 Å². The zero-order chi connectivity index (χ0) is 15.2. The topological polar surface area (TPSA) is 86.5 Å². The van der Waals surface area contributed by atoms with Gasteiger partial charge >= 0.3 is 0 Å². The number of nitrogens with zero attached hydrogens (tertiary/aromatic N) is 1. The Morgan fingerprint density at radius 3 is 2.68 bits per heavy atom. The number of hydrogen-bond donors (Lipinski definition) is 2. The van der Waals surface area contributed by atoms with Gasteiger partial charge in [-0.3, -0.25) is 4.79 Å². The van der Waals surface area contributed by atoms with Crippen LogP contribution in [0.3, 0.4) is 0 Å².